The van der Waals surface area contributed by atoms with Crippen molar-refractivity contribution in [3.05, 3.63) is 132 Å². The standard InChI is InChI=1S/C74H100N16O19S/c1-40(80-71(105)59-17-11-32-90(59)73(107)49(76)15-9-10-31-75)63(97)81-51(26-28-60(77)95)65(99)84-55(35-43-18-22-46(93)23-19-43)68(102)87-57(37-45-38-79-50-16-8-7-14-48(45)50)70(104)89-62(41(2)92)72(106)83-52(27-29-61(78)96)64(98)82-53(30-33-110-3)66(100)85-54(34-42-12-5-4-6-13-42)67(101)86-56(36-44-20-24-47(94)25-21-44)69(103)88-58(39-91)74(108)109/h4-8,12-14,16,18-25,38,40-41,49,51-59,62,79,91-94H,9-11,15,17,26-37,39,75-76H2,1-3H3,(H2,77,95)(H2,78,96)(H,80,105)(H,81,97)(H,82,98)(H,83,106)(H,84,99)(H,85,100)(H,86,101)(H,87,102)(H,88,103)(H,89,104)(H,108,109)/t40-,41+,49-,51-,52-,53-,54-,55-,56-,57-,58-,59-,62-/m0/s1. The number of thioether (sulfide) groups is 1. The summed E-state index contributed by atoms with van der Waals surface area (Å²) in [6, 6.07) is 7.82. The van der Waals surface area contributed by atoms with Crippen molar-refractivity contribution in [1.29, 1.82) is 0 Å². The lowest BCUT2D eigenvalue weighted by Gasteiger charge is -2.29. The van der Waals surface area contributed by atoms with Gasteiger partial charge in [-0.2, -0.15) is 11.8 Å². The second-order valence-corrected chi connectivity index (χ2v) is 27.8. The molecule has 0 radical (unpaired) electrons. The highest BCUT2D eigenvalue weighted by Crippen LogP contribution is 2.23. The Morgan fingerprint density at radius 1 is 0.527 bits per heavy atom. The molecule has 1 aliphatic heterocycles. The zero-order valence-electron chi connectivity index (χ0n) is 61.2. The van der Waals surface area contributed by atoms with Crippen molar-refractivity contribution in [3.63, 3.8) is 0 Å². The van der Waals surface area contributed by atoms with Crippen LogP contribution in [0.5, 0.6) is 11.5 Å². The maximum atomic E-state index is 15.1. The Kier molecular flexibility index (Phi) is 34.8. The molecule has 13 amide bonds. The predicted octanol–water partition coefficient (Wildman–Crippen LogP) is -3.09. The molecule has 5 aromatic rings. The van der Waals surface area contributed by atoms with Crippen molar-refractivity contribution in [1.82, 2.24) is 63.1 Å². The number of H-pyrrole nitrogens is 1. The molecule has 596 valence electrons. The lowest BCUT2D eigenvalue weighted by Crippen LogP contribution is -2.62. The maximum absolute atomic E-state index is 15.1. The number of para-hydroxylation sites is 1. The van der Waals surface area contributed by atoms with Gasteiger partial charge in [0.05, 0.1) is 18.8 Å². The van der Waals surface area contributed by atoms with E-state index in [1.54, 1.807) is 67.0 Å². The van der Waals surface area contributed by atoms with E-state index in [1.165, 1.54) is 72.1 Å². The average Bonchev–Trinajstić information content (AvgIpc) is 1.54. The van der Waals surface area contributed by atoms with E-state index < -0.39 is 194 Å². The molecule has 1 saturated heterocycles. The first-order valence-corrected chi connectivity index (χ1v) is 37.3. The van der Waals surface area contributed by atoms with E-state index in [1.807, 2.05) is 0 Å². The number of carbonyl (C=O) groups excluding carboxylic acids is 13. The maximum Gasteiger partial charge on any atom is 0.328 e. The number of phenolic OH excluding ortho intramolecular Hbond substituents is 2. The number of amides is 13. The fourth-order valence-corrected chi connectivity index (χ4v) is 12.6. The van der Waals surface area contributed by atoms with Crippen LogP contribution >= 0.6 is 11.8 Å². The molecule has 6 rings (SSSR count). The highest BCUT2D eigenvalue weighted by Gasteiger charge is 2.40. The quantitative estimate of drug-likeness (QED) is 0.0172. The predicted molar refractivity (Wildman–Crippen MR) is 403 cm³/mol. The third-order valence-electron chi connectivity index (χ3n) is 18.3. The molecule has 0 aliphatic carbocycles. The first-order valence-electron chi connectivity index (χ1n) is 35.9. The van der Waals surface area contributed by atoms with E-state index in [-0.39, 0.29) is 62.3 Å². The van der Waals surface area contributed by atoms with Gasteiger partial charge < -0.3 is 112 Å². The van der Waals surface area contributed by atoms with E-state index >= 15 is 9.59 Å². The normalized spacial score (nSPS) is 15.8. The van der Waals surface area contributed by atoms with Crippen molar-refractivity contribution in [2.24, 2.45) is 22.9 Å². The summed E-state index contributed by atoms with van der Waals surface area (Å²) in [4.78, 5) is 199. The highest BCUT2D eigenvalue weighted by atomic mass is 32.2. The van der Waals surface area contributed by atoms with Crippen LogP contribution in [0.4, 0.5) is 0 Å². The Bertz CT molecular complexity index is 4000. The molecule has 0 spiro atoms. The number of rotatable bonds is 45. The summed E-state index contributed by atoms with van der Waals surface area (Å²) in [6.45, 7) is 2.07. The number of aromatic hydroxyl groups is 2. The van der Waals surface area contributed by atoms with Crippen LogP contribution in [0.3, 0.4) is 0 Å². The van der Waals surface area contributed by atoms with Gasteiger partial charge in [-0.3, -0.25) is 62.3 Å². The fourth-order valence-electron chi connectivity index (χ4n) is 12.1. The summed E-state index contributed by atoms with van der Waals surface area (Å²) in [7, 11) is 0. The van der Waals surface area contributed by atoms with Crippen molar-refractivity contribution >= 4 is 105 Å². The molecular weight excluding hydrogens is 1450 g/mol. The monoisotopic (exact) mass is 1550 g/mol. The smallest absolute Gasteiger partial charge is 0.328 e. The van der Waals surface area contributed by atoms with Gasteiger partial charge in [0.2, 0.25) is 76.8 Å². The summed E-state index contributed by atoms with van der Waals surface area (Å²) >= 11 is 1.26. The van der Waals surface area contributed by atoms with E-state index in [2.05, 4.69) is 58.2 Å². The number of hydrogen-bond acceptors (Lipinski definition) is 21. The molecular formula is C74H100N16O19S. The van der Waals surface area contributed by atoms with Crippen LogP contribution in [0.2, 0.25) is 0 Å². The molecule has 24 N–H and O–H groups in total. The second kappa shape index (κ2) is 43.7. The molecule has 2 heterocycles. The van der Waals surface area contributed by atoms with Gasteiger partial charge in [-0.1, -0.05) is 79.2 Å². The number of aliphatic hydroxyl groups is 2. The van der Waals surface area contributed by atoms with Crippen LogP contribution in [0.25, 0.3) is 10.9 Å². The van der Waals surface area contributed by atoms with Gasteiger partial charge in [0.1, 0.15) is 78.0 Å². The lowest BCUT2D eigenvalue weighted by atomic mass is 10.0. The minimum atomic E-state index is -1.98. The number of fused-ring (bicyclic) bond motifs is 1. The molecule has 1 aliphatic rings. The van der Waals surface area contributed by atoms with E-state index in [4.69, 9.17) is 22.9 Å². The average molecular weight is 1550 g/mol. The number of hydrogen-bond donors (Lipinski definition) is 20. The Morgan fingerprint density at radius 3 is 1.45 bits per heavy atom. The number of aromatic nitrogens is 1. The third-order valence-corrected chi connectivity index (χ3v) is 18.9. The van der Waals surface area contributed by atoms with E-state index in [9.17, 15) is 83.1 Å². The molecule has 0 saturated carbocycles. The Balaban J connectivity index is 1.25. The number of nitrogens with zero attached hydrogens (tertiary/aromatic N) is 1. The van der Waals surface area contributed by atoms with Crippen LogP contribution in [0.15, 0.2) is 109 Å². The number of nitrogens with two attached hydrogens (primary N) is 4. The van der Waals surface area contributed by atoms with Gasteiger partial charge in [0.15, 0.2) is 0 Å². The minimum absolute atomic E-state index is 0.123. The third kappa shape index (κ3) is 27.5. The molecule has 0 unspecified atom stereocenters. The van der Waals surface area contributed by atoms with Crippen molar-refractivity contribution < 1.29 is 92.7 Å². The van der Waals surface area contributed by atoms with Gasteiger partial charge in [-0.25, -0.2) is 4.79 Å². The molecule has 13 atom stereocenters. The number of nitrogens with one attached hydrogen (secondary N) is 11. The zero-order valence-corrected chi connectivity index (χ0v) is 62.1. The Morgan fingerprint density at radius 2 is 0.964 bits per heavy atom. The van der Waals surface area contributed by atoms with Gasteiger partial charge in [0, 0.05) is 62.2 Å². The lowest BCUT2D eigenvalue weighted by molar-refractivity contribution is -0.143. The number of carboxylic acids is 1. The number of benzene rings is 4. The summed E-state index contributed by atoms with van der Waals surface area (Å²) in [5, 5.41) is 76.7. The number of carboxylic acid groups (broad SMARTS) is 1. The van der Waals surface area contributed by atoms with Crippen molar-refractivity contribution in [2.75, 3.05) is 31.7 Å². The number of likely N-dealkylation sites (tertiary alicyclic amines) is 1. The van der Waals surface area contributed by atoms with Crippen LogP contribution in [-0.4, -0.2) is 228 Å². The summed E-state index contributed by atoms with van der Waals surface area (Å²) in [5.74, 6) is -14.0. The first-order chi connectivity index (χ1) is 52.4. The number of aliphatic hydroxyl groups excluding tert-OH is 2. The molecule has 1 aromatic heterocycles. The van der Waals surface area contributed by atoms with Crippen LogP contribution in [0.1, 0.15) is 100 Å². The van der Waals surface area contributed by atoms with Crippen LogP contribution in [0, 0.1) is 0 Å². The number of phenols is 2. The number of primary amides is 2. The number of carbonyl (C=O) groups is 14. The Labute approximate surface area is 638 Å². The van der Waals surface area contributed by atoms with Gasteiger partial charge in [0.25, 0.3) is 0 Å². The largest absolute Gasteiger partial charge is 0.508 e. The van der Waals surface area contributed by atoms with Crippen molar-refractivity contribution in [3.8, 4) is 11.5 Å². The number of aliphatic carboxylic acids is 1. The number of aromatic amines is 1. The highest BCUT2D eigenvalue weighted by molar-refractivity contribution is 7.98. The molecule has 1 fully saturated rings. The summed E-state index contributed by atoms with van der Waals surface area (Å²) < 4.78 is 0. The molecule has 36 heteroatoms. The zero-order chi connectivity index (χ0) is 80.7. The van der Waals surface area contributed by atoms with Crippen LogP contribution < -0.4 is 76.1 Å². The van der Waals surface area contributed by atoms with Crippen molar-refractivity contribution in [2.45, 2.75) is 182 Å². The van der Waals surface area contributed by atoms with Crippen LogP contribution in [-0.2, 0) is 92.8 Å². The summed E-state index contributed by atoms with van der Waals surface area (Å²) in [6.07, 6.45) is 0.442. The van der Waals surface area contributed by atoms with Gasteiger partial charge in [-0.15, -0.1) is 0 Å². The molecule has 35 nitrogen and oxygen atoms in total. The first kappa shape index (κ1) is 87.7. The van der Waals surface area contributed by atoms with E-state index in [0.717, 1.165) is 6.92 Å². The Hall–Kier alpha value is -11.2. The van der Waals surface area contributed by atoms with Gasteiger partial charge in [-0.05, 0) is 130 Å². The molecule has 110 heavy (non-hydrogen) atoms. The minimum Gasteiger partial charge on any atom is -0.508 e. The number of unbranched alkanes of at least 4 members (excludes halogenated alkanes) is 1. The molecule has 4 aromatic carbocycles. The summed E-state index contributed by atoms with van der Waals surface area (Å²) in [5.41, 5.74) is 25.2. The van der Waals surface area contributed by atoms with Gasteiger partial charge >= 0.3 is 5.97 Å². The fraction of sp³-hybridized carbons (Fsp3) is 0.459. The van der Waals surface area contributed by atoms with E-state index in [0.29, 0.717) is 65.4 Å². The second-order valence-electron chi connectivity index (χ2n) is 26.8. The topological polar surface area (TPSA) is 584 Å². The molecule has 0 bridgehead atoms. The SMILES string of the molecule is CSCC[C@H](NC(=O)[C@H](CCC(N)=O)NC(=O)[C@@H](NC(=O)[C@H](Cc1c[nH]c2ccccc12)NC(=O)[C@H](Cc1ccc(O)cc1)NC(=O)[C@H](CCC(N)=O)NC(=O)[C@H](C)NC(=O)[C@@H]1CCCN1C(=O)[C@@H](N)CCCCN)[C@@H](C)O)C(=O)N[C@@H](Cc1ccccc1)C(=O)N[C@@H](Cc1ccc(O)cc1)C(=O)N[C@@H](CO)C(=O)O.